The minimum absolute atomic E-state index is 0.0373. The maximum atomic E-state index is 11.9. The van der Waals surface area contributed by atoms with Crippen LogP contribution in [0.5, 0.6) is 5.75 Å². The lowest BCUT2D eigenvalue weighted by molar-refractivity contribution is -0.115. The molecular formula is C18H16ClN3O3S. The molecule has 0 saturated carbocycles. The summed E-state index contributed by atoms with van der Waals surface area (Å²) < 4.78 is 5.06. The van der Waals surface area contributed by atoms with Gasteiger partial charge in [-0.15, -0.1) is 0 Å². The molecule has 0 bridgehead atoms. The molecule has 0 spiro atoms. The van der Waals surface area contributed by atoms with E-state index < -0.39 is 11.8 Å². The van der Waals surface area contributed by atoms with E-state index in [-0.39, 0.29) is 5.11 Å². The summed E-state index contributed by atoms with van der Waals surface area (Å²) in [6.45, 7) is 0. The first-order valence-electron chi connectivity index (χ1n) is 7.47. The monoisotopic (exact) mass is 389 g/mol. The molecule has 26 heavy (non-hydrogen) atoms. The van der Waals surface area contributed by atoms with Crippen LogP contribution in [-0.4, -0.2) is 24.0 Å². The number of hydrogen-bond acceptors (Lipinski definition) is 4. The van der Waals surface area contributed by atoms with Crippen molar-refractivity contribution in [1.29, 1.82) is 0 Å². The van der Waals surface area contributed by atoms with Gasteiger partial charge >= 0.3 is 0 Å². The van der Waals surface area contributed by atoms with E-state index in [0.717, 1.165) is 11.3 Å². The molecule has 0 atom stereocenters. The summed E-state index contributed by atoms with van der Waals surface area (Å²) in [5, 5.41) is 2.82. The standard InChI is InChI=1S/C18H16ClN3O3S/c1-25-15-8-5-12(6-9-15)7-10-16(23)20-18(26)22-21-17(24)13-3-2-4-14(19)11-13/h2-11H,1H3,(H,21,24)(H2,20,22,23,26)/b10-7+. The number of hydrazine groups is 1. The van der Waals surface area contributed by atoms with Crippen molar-refractivity contribution in [1.82, 2.24) is 16.2 Å². The zero-order valence-electron chi connectivity index (χ0n) is 13.8. The Bertz CT molecular complexity index is 838. The van der Waals surface area contributed by atoms with Crippen LogP contribution in [0.4, 0.5) is 0 Å². The summed E-state index contributed by atoms with van der Waals surface area (Å²) >= 11 is 10.8. The average molecular weight is 390 g/mol. The van der Waals surface area contributed by atoms with Gasteiger partial charge < -0.3 is 4.74 Å². The average Bonchev–Trinajstić information content (AvgIpc) is 2.65. The Hall–Kier alpha value is -2.90. The van der Waals surface area contributed by atoms with Gasteiger partial charge in [0, 0.05) is 16.7 Å². The minimum atomic E-state index is -0.435. The van der Waals surface area contributed by atoms with E-state index in [9.17, 15) is 9.59 Å². The first kappa shape index (κ1) is 19.4. The van der Waals surface area contributed by atoms with Gasteiger partial charge in [0.05, 0.1) is 7.11 Å². The van der Waals surface area contributed by atoms with Gasteiger partial charge in [-0.25, -0.2) is 0 Å². The molecular weight excluding hydrogens is 374 g/mol. The van der Waals surface area contributed by atoms with Crippen molar-refractivity contribution in [2.24, 2.45) is 0 Å². The van der Waals surface area contributed by atoms with Crippen LogP contribution in [0.15, 0.2) is 54.6 Å². The first-order valence-corrected chi connectivity index (χ1v) is 8.25. The molecule has 0 heterocycles. The molecule has 0 aliphatic carbocycles. The zero-order chi connectivity index (χ0) is 18.9. The summed E-state index contributed by atoms with van der Waals surface area (Å²) in [5.74, 6) is -0.138. The molecule has 8 heteroatoms. The number of benzene rings is 2. The number of methoxy groups -OCH3 is 1. The van der Waals surface area contributed by atoms with Crippen molar-refractivity contribution in [2.45, 2.75) is 0 Å². The highest BCUT2D eigenvalue weighted by atomic mass is 35.5. The van der Waals surface area contributed by atoms with Crippen LogP contribution >= 0.6 is 23.8 Å². The third kappa shape index (κ3) is 6.19. The van der Waals surface area contributed by atoms with Gasteiger partial charge in [-0.1, -0.05) is 29.8 Å². The number of rotatable bonds is 4. The Labute approximate surface area is 161 Å². The quantitative estimate of drug-likeness (QED) is 0.425. The molecule has 0 unspecified atom stereocenters. The maximum absolute atomic E-state index is 11.9. The molecule has 0 aromatic heterocycles. The number of amides is 2. The number of ether oxygens (including phenoxy) is 1. The summed E-state index contributed by atoms with van der Waals surface area (Å²) in [6.07, 6.45) is 2.95. The van der Waals surface area contributed by atoms with Gasteiger partial charge in [0.1, 0.15) is 5.75 Å². The highest BCUT2D eigenvalue weighted by molar-refractivity contribution is 7.80. The molecule has 6 nitrogen and oxygen atoms in total. The Morgan fingerprint density at radius 2 is 1.85 bits per heavy atom. The van der Waals surface area contributed by atoms with Crippen molar-refractivity contribution >= 4 is 46.8 Å². The third-order valence-corrected chi connectivity index (χ3v) is 3.60. The van der Waals surface area contributed by atoms with E-state index in [2.05, 4.69) is 16.2 Å². The molecule has 2 amide bonds. The predicted octanol–water partition coefficient (Wildman–Crippen LogP) is 2.70. The van der Waals surface area contributed by atoms with E-state index in [1.807, 2.05) is 12.1 Å². The van der Waals surface area contributed by atoms with Crippen molar-refractivity contribution in [3.63, 3.8) is 0 Å². The fraction of sp³-hybridized carbons (Fsp3) is 0.0556. The summed E-state index contributed by atoms with van der Waals surface area (Å²) in [5.41, 5.74) is 6.01. The second kappa shape index (κ2) is 9.55. The maximum Gasteiger partial charge on any atom is 0.269 e. The molecule has 2 rings (SSSR count). The van der Waals surface area contributed by atoms with Crippen molar-refractivity contribution < 1.29 is 14.3 Å². The molecule has 2 aromatic rings. The second-order valence-corrected chi connectivity index (χ2v) is 5.86. The van der Waals surface area contributed by atoms with Crippen LogP contribution in [0.3, 0.4) is 0 Å². The van der Waals surface area contributed by atoms with Crippen LogP contribution in [-0.2, 0) is 4.79 Å². The smallest absolute Gasteiger partial charge is 0.269 e. The lowest BCUT2D eigenvalue weighted by atomic mass is 10.2. The molecule has 3 N–H and O–H groups in total. The van der Waals surface area contributed by atoms with Gasteiger partial charge in [-0.05, 0) is 54.2 Å². The number of halogens is 1. The van der Waals surface area contributed by atoms with E-state index in [1.54, 1.807) is 43.5 Å². The molecule has 0 aliphatic heterocycles. The minimum Gasteiger partial charge on any atom is -0.497 e. The Morgan fingerprint density at radius 3 is 2.50 bits per heavy atom. The van der Waals surface area contributed by atoms with Crippen molar-refractivity contribution in [3.05, 3.63) is 70.8 Å². The van der Waals surface area contributed by atoms with Gasteiger partial charge in [0.15, 0.2) is 5.11 Å². The first-order chi connectivity index (χ1) is 12.5. The van der Waals surface area contributed by atoms with E-state index in [1.165, 1.54) is 12.1 Å². The van der Waals surface area contributed by atoms with Crippen LogP contribution in [0.25, 0.3) is 6.08 Å². The highest BCUT2D eigenvalue weighted by Gasteiger charge is 2.07. The second-order valence-electron chi connectivity index (χ2n) is 5.01. The number of carbonyl (C=O) groups is 2. The Kier molecular flexibility index (Phi) is 7.13. The van der Waals surface area contributed by atoms with Crippen molar-refractivity contribution in [2.75, 3.05) is 7.11 Å². The Morgan fingerprint density at radius 1 is 1.12 bits per heavy atom. The van der Waals surface area contributed by atoms with Crippen LogP contribution in [0.2, 0.25) is 5.02 Å². The van der Waals surface area contributed by atoms with Crippen LogP contribution < -0.4 is 20.9 Å². The van der Waals surface area contributed by atoms with Crippen LogP contribution in [0, 0.1) is 0 Å². The molecule has 0 saturated heterocycles. The lowest BCUT2D eigenvalue weighted by Gasteiger charge is -2.09. The number of hydrogen-bond donors (Lipinski definition) is 3. The molecule has 2 aromatic carbocycles. The molecule has 134 valence electrons. The molecule has 0 aliphatic rings. The fourth-order valence-electron chi connectivity index (χ4n) is 1.89. The van der Waals surface area contributed by atoms with E-state index >= 15 is 0 Å². The highest BCUT2D eigenvalue weighted by Crippen LogP contribution is 2.12. The largest absolute Gasteiger partial charge is 0.497 e. The van der Waals surface area contributed by atoms with Crippen LogP contribution in [0.1, 0.15) is 15.9 Å². The van der Waals surface area contributed by atoms with E-state index in [0.29, 0.717) is 10.6 Å². The predicted molar refractivity (Wildman–Crippen MR) is 105 cm³/mol. The number of carbonyl (C=O) groups excluding carboxylic acids is 2. The lowest BCUT2D eigenvalue weighted by Crippen LogP contribution is -2.48. The van der Waals surface area contributed by atoms with Gasteiger partial charge in [-0.3, -0.25) is 25.8 Å². The normalized spacial score (nSPS) is 10.2. The molecule has 0 radical (unpaired) electrons. The summed E-state index contributed by atoms with van der Waals surface area (Å²) in [6, 6.07) is 13.6. The fourth-order valence-corrected chi connectivity index (χ4v) is 2.23. The van der Waals surface area contributed by atoms with Gasteiger partial charge in [0.2, 0.25) is 5.91 Å². The summed E-state index contributed by atoms with van der Waals surface area (Å²) in [4.78, 5) is 23.8. The summed E-state index contributed by atoms with van der Waals surface area (Å²) in [7, 11) is 1.58. The zero-order valence-corrected chi connectivity index (χ0v) is 15.4. The van der Waals surface area contributed by atoms with E-state index in [4.69, 9.17) is 28.6 Å². The van der Waals surface area contributed by atoms with Gasteiger partial charge in [0.25, 0.3) is 5.91 Å². The topological polar surface area (TPSA) is 79.5 Å². The SMILES string of the molecule is COc1ccc(/C=C/C(=O)NC(=S)NNC(=O)c2cccc(Cl)c2)cc1. The Balaban J connectivity index is 1.80. The number of thiocarbonyl (C=S) groups is 1. The molecule has 0 fully saturated rings. The number of nitrogens with one attached hydrogen (secondary N) is 3. The van der Waals surface area contributed by atoms with Gasteiger partial charge in [-0.2, -0.15) is 0 Å². The van der Waals surface area contributed by atoms with Crippen molar-refractivity contribution in [3.8, 4) is 5.75 Å². The third-order valence-electron chi connectivity index (χ3n) is 3.16.